The van der Waals surface area contributed by atoms with Crippen LogP contribution in [0.5, 0.6) is 0 Å². The van der Waals surface area contributed by atoms with E-state index in [1.807, 2.05) is 60.7 Å². The van der Waals surface area contributed by atoms with E-state index in [1.54, 1.807) is 12.1 Å². The Morgan fingerprint density at radius 3 is 2.18 bits per heavy atom. The first-order valence-electron chi connectivity index (χ1n) is 20.1. The van der Waals surface area contributed by atoms with E-state index in [2.05, 4.69) is 84.1 Å². The number of aliphatic hydroxyl groups is 1. The molecule has 5 N–H and O–H groups in total. The number of nitrogens with zero attached hydrogens (tertiary/aromatic N) is 1. The summed E-state index contributed by atoms with van der Waals surface area (Å²) in [6, 6.07) is 42.5. The minimum absolute atomic E-state index is 0.000345. The first-order valence-corrected chi connectivity index (χ1v) is 20.1. The van der Waals surface area contributed by atoms with Crippen LogP contribution in [0.3, 0.4) is 0 Å². The van der Waals surface area contributed by atoms with E-state index in [9.17, 15) is 14.7 Å². The zero-order chi connectivity index (χ0) is 40.0. The van der Waals surface area contributed by atoms with Gasteiger partial charge in [-0.1, -0.05) is 116 Å². The Labute approximate surface area is 337 Å². The number of nitrogens with one attached hydrogen (secondary N) is 2. The lowest BCUT2D eigenvalue weighted by Crippen LogP contribution is -2.38. The Balaban J connectivity index is 1.02. The number of para-hydroxylation sites is 2. The van der Waals surface area contributed by atoms with Crippen LogP contribution in [0, 0.1) is 0 Å². The standard InChI is InChI=1S/C48H56N4O5/c1-34(37-15-6-5-7-16-37)52(2)32-42-30-45(38-26-24-35(33-53)25-27-38)57-48(56-42)41-19-13-18-40(29-41)39-17-12-14-36(28-39)31-50-46(54)22-8-3-4-9-23-47(55)51-44-21-11-10-20-43(44)49/h5-7,10-21,24-29,34,42,45,48,53H,3-4,8-9,22-23,30-33,49H2,1-2H3,(H,50,54)(H,51,55)/t34-,42-,45+,48+/m0/s1. The van der Waals surface area contributed by atoms with E-state index < -0.39 is 6.29 Å². The lowest BCUT2D eigenvalue weighted by molar-refractivity contribution is -0.253. The highest BCUT2D eigenvalue weighted by Gasteiger charge is 2.33. The first kappa shape index (κ1) is 41.3. The number of unbranched alkanes of at least 4 members (excludes halogenated alkanes) is 3. The fraction of sp³-hybridized carbons (Fsp3) is 0.333. The summed E-state index contributed by atoms with van der Waals surface area (Å²) in [5.74, 6) is -0.0304. The minimum atomic E-state index is -0.570. The average molecular weight is 769 g/mol. The summed E-state index contributed by atoms with van der Waals surface area (Å²) in [6.07, 6.45) is 4.06. The van der Waals surface area contributed by atoms with Crippen LogP contribution in [-0.2, 0) is 32.2 Å². The smallest absolute Gasteiger partial charge is 0.224 e. The van der Waals surface area contributed by atoms with E-state index in [4.69, 9.17) is 15.2 Å². The first-order chi connectivity index (χ1) is 27.7. The third kappa shape index (κ3) is 12.1. The summed E-state index contributed by atoms with van der Waals surface area (Å²) < 4.78 is 13.4. The number of carbonyl (C=O) groups is 2. The van der Waals surface area contributed by atoms with Crippen molar-refractivity contribution in [3.8, 4) is 11.1 Å². The number of hydrogen-bond donors (Lipinski definition) is 4. The maximum atomic E-state index is 12.7. The lowest BCUT2D eigenvalue weighted by atomic mass is 9.98. The molecule has 298 valence electrons. The van der Waals surface area contributed by atoms with Crippen LogP contribution in [-0.4, -0.2) is 41.5 Å². The highest BCUT2D eigenvalue weighted by molar-refractivity contribution is 5.93. The number of nitrogen functional groups attached to an aromatic ring is 1. The third-order valence-corrected chi connectivity index (χ3v) is 10.8. The number of carbonyl (C=O) groups excluding carboxylic acids is 2. The Hall–Kier alpha value is -5.32. The van der Waals surface area contributed by atoms with Crippen molar-refractivity contribution in [2.45, 2.75) is 89.6 Å². The molecule has 0 saturated carbocycles. The summed E-state index contributed by atoms with van der Waals surface area (Å²) in [7, 11) is 2.14. The third-order valence-electron chi connectivity index (χ3n) is 10.8. The van der Waals surface area contributed by atoms with E-state index in [1.165, 1.54) is 5.56 Å². The predicted octanol–water partition coefficient (Wildman–Crippen LogP) is 9.26. The highest BCUT2D eigenvalue weighted by Crippen LogP contribution is 2.39. The number of likely N-dealkylation sites (N-methyl/N-ethyl adjacent to an activating group) is 1. The van der Waals surface area contributed by atoms with Crippen molar-refractivity contribution in [1.82, 2.24) is 10.2 Å². The van der Waals surface area contributed by atoms with Crippen LogP contribution in [0.2, 0.25) is 0 Å². The molecule has 57 heavy (non-hydrogen) atoms. The van der Waals surface area contributed by atoms with E-state index >= 15 is 0 Å². The normalized spacial score (nSPS) is 17.2. The Bertz CT molecular complexity index is 2040. The quantitative estimate of drug-likeness (QED) is 0.0517. The summed E-state index contributed by atoms with van der Waals surface area (Å²) in [5, 5.41) is 15.6. The van der Waals surface area contributed by atoms with Gasteiger partial charge in [0.05, 0.1) is 30.2 Å². The number of rotatable bonds is 18. The Kier molecular flexibility index (Phi) is 15.0. The van der Waals surface area contributed by atoms with Crippen LogP contribution in [0.15, 0.2) is 127 Å². The van der Waals surface area contributed by atoms with Gasteiger partial charge in [0.15, 0.2) is 6.29 Å². The maximum Gasteiger partial charge on any atom is 0.224 e. The van der Waals surface area contributed by atoms with Crippen LogP contribution >= 0.6 is 0 Å². The zero-order valence-electron chi connectivity index (χ0n) is 33.1. The molecule has 0 bridgehead atoms. The van der Waals surface area contributed by atoms with Gasteiger partial charge >= 0.3 is 0 Å². The number of aliphatic hydroxyl groups excluding tert-OH is 1. The minimum Gasteiger partial charge on any atom is -0.397 e. The summed E-state index contributed by atoms with van der Waals surface area (Å²) in [6.45, 7) is 3.40. The summed E-state index contributed by atoms with van der Waals surface area (Å²) in [4.78, 5) is 27.3. The molecular weight excluding hydrogens is 713 g/mol. The van der Waals surface area contributed by atoms with Crippen molar-refractivity contribution >= 4 is 23.2 Å². The number of amides is 2. The predicted molar refractivity (Wildman–Crippen MR) is 227 cm³/mol. The van der Waals surface area contributed by atoms with Gasteiger partial charge in [0.2, 0.25) is 11.8 Å². The molecule has 0 aliphatic carbocycles. The molecule has 5 aromatic rings. The van der Waals surface area contributed by atoms with Crippen molar-refractivity contribution in [1.29, 1.82) is 0 Å². The zero-order valence-corrected chi connectivity index (χ0v) is 33.1. The largest absolute Gasteiger partial charge is 0.397 e. The van der Waals surface area contributed by atoms with Crippen molar-refractivity contribution in [3.05, 3.63) is 155 Å². The van der Waals surface area contributed by atoms with E-state index in [-0.39, 0.29) is 36.7 Å². The molecule has 0 unspecified atom stereocenters. The van der Waals surface area contributed by atoms with Gasteiger partial charge in [-0.25, -0.2) is 0 Å². The molecule has 5 aromatic carbocycles. The number of benzene rings is 5. The highest BCUT2D eigenvalue weighted by atomic mass is 16.7. The summed E-state index contributed by atoms with van der Waals surface area (Å²) >= 11 is 0. The molecule has 0 radical (unpaired) electrons. The molecule has 0 aromatic heterocycles. The van der Waals surface area contributed by atoms with Crippen LogP contribution < -0.4 is 16.4 Å². The fourth-order valence-electron chi connectivity index (χ4n) is 7.26. The Morgan fingerprint density at radius 2 is 1.44 bits per heavy atom. The number of anilines is 2. The second-order valence-electron chi connectivity index (χ2n) is 15.0. The SMILES string of the molecule is C[C@@H](c1ccccc1)N(C)C[C@@H]1C[C@H](c2ccc(CO)cc2)O[C@H](c2cccc(-c3cccc(CNC(=O)CCCCCCC(=O)Nc4ccccc4N)c3)c2)O1. The van der Waals surface area contributed by atoms with Crippen molar-refractivity contribution < 1.29 is 24.2 Å². The second kappa shape index (κ2) is 20.7. The van der Waals surface area contributed by atoms with Gasteiger partial charge in [0.1, 0.15) is 0 Å². The fourth-order valence-corrected chi connectivity index (χ4v) is 7.26. The van der Waals surface area contributed by atoms with Gasteiger partial charge < -0.3 is 30.9 Å². The Morgan fingerprint density at radius 1 is 0.754 bits per heavy atom. The van der Waals surface area contributed by atoms with Gasteiger partial charge in [-0.05, 0) is 84.5 Å². The molecule has 2 amide bonds. The molecule has 9 heteroatoms. The molecule has 4 atom stereocenters. The lowest BCUT2D eigenvalue weighted by Gasteiger charge is -2.39. The average Bonchev–Trinajstić information content (AvgIpc) is 3.25. The second-order valence-corrected chi connectivity index (χ2v) is 15.0. The van der Waals surface area contributed by atoms with E-state index in [0.717, 1.165) is 65.6 Å². The van der Waals surface area contributed by atoms with Gasteiger partial charge in [-0.15, -0.1) is 0 Å². The molecule has 1 saturated heterocycles. The number of nitrogens with two attached hydrogens (primary N) is 1. The monoisotopic (exact) mass is 768 g/mol. The van der Waals surface area contributed by atoms with Crippen LogP contribution in [0.1, 0.15) is 98.1 Å². The topological polar surface area (TPSA) is 126 Å². The van der Waals surface area contributed by atoms with Crippen molar-refractivity contribution in [2.75, 3.05) is 24.6 Å². The number of hydrogen-bond acceptors (Lipinski definition) is 7. The number of ether oxygens (including phenoxy) is 2. The van der Waals surface area contributed by atoms with Gasteiger partial charge in [0.25, 0.3) is 0 Å². The molecule has 0 spiro atoms. The van der Waals surface area contributed by atoms with Gasteiger partial charge in [-0.3, -0.25) is 14.5 Å². The van der Waals surface area contributed by atoms with Gasteiger partial charge in [0, 0.05) is 44.0 Å². The van der Waals surface area contributed by atoms with Gasteiger partial charge in [-0.2, -0.15) is 0 Å². The summed E-state index contributed by atoms with van der Waals surface area (Å²) in [5.41, 5.74) is 14.3. The molecule has 1 aliphatic heterocycles. The van der Waals surface area contributed by atoms with Crippen LogP contribution in [0.25, 0.3) is 11.1 Å². The molecule has 9 nitrogen and oxygen atoms in total. The molecule has 1 heterocycles. The maximum absolute atomic E-state index is 12.7. The van der Waals surface area contributed by atoms with Crippen molar-refractivity contribution in [2.24, 2.45) is 0 Å². The molecule has 6 rings (SSSR count). The van der Waals surface area contributed by atoms with E-state index in [0.29, 0.717) is 37.2 Å². The molecule has 1 aliphatic rings. The molecule has 1 fully saturated rings. The van der Waals surface area contributed by atoms with Crippen LogP contribution in [0.4, 0.5) is 11.4 Å². The van der Waals surface area contributed by atoms with Crippen molar-refractivity contribution in [3.63, 3.8) is 0 Å². The molecular formula is C48H56N4O5.